The minimum atomic E-state index is -0.418. The number of carbonyl (C=O) groups is 1. The molecule has 2 aromatic heterocycles. The summed E-state index contributed by atoms with van der Waals surface area (Å²) < 4.78 is 12.8. The number of ether oxygens (including phenoxy) is 1. The first kappa shape index (κ1) is 20.6. The number of pyridine rings is 1. The summed E-state index contributed by atoms with van der Waals surface area (Å²) in [6, 6.07) is 22.5. The molecule has 5 aromatic rings. The molecule has 3 aromatic carbocycles. The van der Waals surface area contributed by atoms with Gasteiger partial charge in [-0.15, -0.1) is 0 Å². The quantitative estimate of drug-likeness (QED) is 0.360. The van der Waals surface area contributed by atoms with Gasteiger partial charge >= 0.3 is 5.97 Å². The number of aromatic nitrogens is 1. The number of nitrogens with one attached hydrogen (secondary N) is 1. The third-order valence-electron chi connectivity index (χ3n) is 5.92. The Hall–Kier alpha value is -4.32. The summed E-state index contributed by atoms with van der Waals surface area (Å²) in [7, 11) is 3.11. The average molecular weight is 438 g/mol. The van der Waals surface area contributed by atoms with Crippen molar-refractivity contribution in [3.05, 3.63) is 94.3 Å². The van der Waals surface area contributed by atoms with Crippen LogP contribution in [0.15, 0.2) is 82.0 Å². The number of nitrogens with zero attached hydrogens (tertiary/aromatic N) is 1. The number of esters is 1. The van der Waals surface area contributed by atoms with Crippen molar-refractivity contribution in [2.75, 3.05) is 12.4 Å². The third-order valence-corrected chi connectivity index (χ3v) is 5.92. The maximum absolute atomic E-state index is 13.5. The topological polar surface area (TPSA) is 73.5 Å². The molecule has 0 fully saturated rings. The maximum atomic E-state index is 13.5. The lowest BCUT2D eigenvalue weighted by Crippen LogP contribution is -2.17. The smallest absolute Gasteiger partial charge is 0.337 e. The van der Waals surface area contributed by atoms with Gasteiger partial charge < -0.3 is 19.0 Å². The molecule has 0 aliphatic heterocycles. The number of furan rings is 1. The molecular formula is C27H22N2O4. The molecule has 33 heavy (non-hydrogen) atoms. The third kappa shape index (κ3) is 3.36. The number of hydrogen-bond acceptors (Lipinski definition) is 5. The fraction of sp³-hybridized carbons (Fsp3) is 0.111. The Morgan fingerprint density at radius 1 is 0.970 bits per heavy atom. The molecular weight excluding hydrogens is 416 g/mol. The summed E-state index contributed by atoms with van der Waals surface area (Å²) in [6.07, 6.45) is 0. The Morgan fingerprint density at radius 2 is 1.67 bits per heavy atom. The Bertz CT molecular complexity index is 1580. The first-order valence-electron chi connectivity index (χ1n) is 10.5. The Balaban J connectivity index is 1.82. The van der Waals surface area contributed by atoms with Crippen LogP contribution in [0.25, 0.3) is 33.0 Å². The molecule has 0 saturated heterocycles. The molecule has 2 heterocycles. The number of para-hydroxylation sites is 2. The molecule has 6 heteroatoms. The largest absolute Gasteiger partial charge is 0.465 e. The predicted octanol–water partition coefficient (Wildman–Crippen LogP) is 5.79. The Kier molecular flexibility index (Phi) is 4.98. The highest BCUT2D eigenvalue weighted by Gasteiger charge is 2.23. The van der Waals surface area contributed by atoms with E-state index < -0.39 is 5.97 Å². The van der Waals surface area contributed by atoms with Crippen molar-refractivity contribution >= 4 is 39.4 Å². The van der Waals surface area contributed by atoms with E-state index in [4.69, 9.17) is 9.15 Å². The summed E-state index contributed by atoms with van der Waals surface area (Å²) in [5.74, 6) is 0.0531. The molecule has 0 aliphatic carbocycles. The van der Waals surface area contributed by atoms with Crippen LogP contribution in [0.3, 0.4) is 0 Å². The van der Waals surface area contributed by atoms with E-state index in [9.17, 15) is 9.59 Å². The van der Waals surface area contributed by atoms with Gasteiger partial charge in [0.05, 0.1) is 29.1 Å². The Labute approximate surface area is 190 Å². The molecule has 6 nitrogen and oxygen atoms in total. The number of methoxy groups -OCH3 is 1. The number of carbonyl (C=O) groups excluding carboxylic acids is 1. The van der Waals surface area contributed by atoms with Crippen molar-refractivity contribution < 1.29 is 13.9 Å². The van der Waals surface area contributed by atoms with Crippen LogP contribution in [0, 0.1) is 6.92 Å². The van der Waals surface area contributed by atoms with Crippen LogP contribution < -0.4 is 10.9 Å². The highest BCUT2D eigenvalue weighted by Crippen LogP contribution is 2.41. The highest BCUT2D eigenvalue weighted by atomic mass is 16.5. The predicted molar refractivity (Wildman–Crippen MR) is 130 cm³/mol. The molecule has 0 spiro atoms. The average Bonchev–Trinajstić information content (AvgIpc) is 3.23. The lowest BCUT2D eigenvalue weighted by atomic mass is 10.0. The van der Waals surface area contributed by atoms with E-state index in [2.05, 4.69) is 5.32 Å². The van der Waals surface area contributed by atoms with Crippen molar-refractivity contribution in [1.82, 2.24) is 4.57 Å². The Morgan fingerprint density at radius 3 is 2.39 bits per heavy atom. The van der Waals surface area contributed by atoms with Gasteiger partial charge in [0, 0.05) is 18.1 Å². The van der Waals surface area contributed by atoms with Crippen molar-refractivity contribution in [1.29, 1.82) is 0 Å². The number of hydrogen-bond donors (Lipinski definition) is 1. The van der Waals surface area contributed by atoms with E-state index in [0.29, 0.717) is 28.0 Å². The maximum Gasteiger partial charge on any atom is 0.337 e. The van der Waals surface area contributed by atoms with Crippen LogP contribution in [0.5, 0.6) is 0 Å². The van der Waals surface area contributed by atoms with Gasteiger partial charge in [0.1, 0.15) is 0 Å². The van der Waals surface area contributed by atoms with E-state index in [1.165, 1.54) is 7.11 Å². The van der Waals surface area contributed by atoms with E-state index in [1.807, 2.05) is 55.5 Å². The zero-order valence-corrected chi connectivity index (χ0v) is 18.5. The number of benzene rings is 3. The van der Waals surface area contributed by atoms with Crippen LogP contribution in [0.4, 0.5) is 11.6 Å². The van der Waals surface area contributed by atoms with Crippen molar-refractivity contribution in [3.8, 4) is 11.1 Å². The summed E-state index contributed by atoms with van der Waals surface area (Å²) in [5, 5.41) is 4.71. The van der Waals surface area contributed by atoms with Gasteiger partial charge in [0.25, 0.3) is 5.56 Å². The SMILES string of the molecule is COC(=O)c1ccc(-c2c(Nc3ccccc3C)oc3c2c(=O)n(C)c2ccccc32)cc1. The summed E-state index contributed by atoms with van der Waals surface area (Å²) >= 11 is 0. The molecule has 0 atom stereocenters. The summed E-state index contributed by atoms with van der Waals surface area (Å²) in [4.78, 5) is 25.4. The summed E-state index contributed by atoms with van der Waals surface area (Å²) in [5.41, 5.74) is 4.92. The van der Waals surface area contributed by atoms with Gasteiger partial charge in [0.2, 0.25) is 5.88 Å². The molecule has 1 N–H and O–H groups in total. The lowest BCUT2D eigenvalue weighted by molar-refractivity contribution is 0.0601. The molecule has 0 aliphatic rings. The fourth-order valence-electron chi connectivity index (χ4n) is 4.15. The molecule has 5 rings (SSSR count). The van der Waals surface area contributed by atoms with Gasteiger partial charge in [-0.25, -0.2) is 4.79 Å². The second kappa shape index (κ2) is 7.98. The fourth-order valence-corrected chi connectivity index (χ4v) is 4.15. The standard InChI is InChI=1S/C27H22N2O4/c1-16-8-4-6-10-20(16)28-25-22(17-12-14-18(15-13-17)27(31)32-3)23-24(33-25)19-9-5-7-11-21(19)29(2)26(23)30/h4-15,28H,1-3H3. The monoisotopic (exact) mass is 438 g/mol. The number of anilines is 2. The molecule has 0 saturated carbocycles. The van der Waals surface area contributed by atoms with Crippen molar-refractivity contribution in [2.45, 2.75) is 6.92 Å². The molecule has 0 unspecified atom stereocenters. The normalized spacial score (nSPS) is 11.1. The van der Waals surface area contributed by atoms with Gasteiger partial charge in [-0.05, 0) is 48.4 Å². The van der Waals surface area contributed by atoms with Crippen LogP contribution in [-0.4, -0.2) is 17.6 Å². The lowest BCUT2D eigenvalue weighted by Gasteiger charge is -2.09. The molecule has 0 bridgehead atoms. The van der Waals surface area contributed by atoms with Crippen molar-refractivity contribution in [2.24, 2.45) is 7.05 Å². The summed E-state index contributed by atoms with van der Waals surface area (Å²) in [6.45, 7) is 2.00. The van der Waals surface area contributed by atoms with Crippen molar-refractivity contribution in [3.63, 3.8) is 0 Å². The van der Waals surface area contributed by atoms with Gasteiger partial charge in [-0.2, -0.15) is 0 Å². The van der Waals surface area contributed by atoms with Crippen LogP contribution >= 0.6 is 0 Å². The first-order valence-corrected chi connectivity index (χ1v) is 10.5. The van der Waals surface area contributed by atoms with E-state index in [1.54, 1.807) is 35.9 Å². The van der Waals surface area contributed by atoms with Crippen LogP contribution in [-0.2, 0) is 11.8 Å². The zero-order valence-electron chi connectivity index (χ0n) is 18.5. The van der Waals surface area contributed by atoms with Crippen LogP contribution in [0.1, 0.15) is 15.9 Å². The molecule has 0 radical (unpaired) electrons. The minimum absolute atomic E-state index is 0.155. The number of aryl methyl sites for hydroxylation is 2. The molecule has 164 valence electrons. The van der Waals surface area contributed by atoms with E-state index in [-0.39, 0.29) is 5.56 Å². The first-order chi connectivity index (χ1) is 16.0. The number of fused-ring (bicyclic) bond motifs is 3. The van der Waals surface area contributed by atoms with E-state index in [0.717, 1.165) is 27.7 Å². The van der Waals surface area contributed by atoms with E-state index >= 15 is 0 Å². The second-order valence-corrected chi connectivity index (χ2v) is 7.90. The molecule has 0 amide bonds. The minimum Gasteiger partial charge on any atom is -0.465 e. The van der Waals surface area contributed by atoms with Gasteiger partial charge in [-0.1, -0.05) is 42.5 Å². The number of rotatable bonds is 4. The zero-order chi connectivity index (χ0) is 23.1. The second-order valence-electron chi connectivity index (χ2n) is 7.90. The highest BCUT2D eigenvalue weighted by molar-refractivity contribution is 6.11. The van der Waals surface area contributed by atoms with Crippen LogP contribution in [0.2, 0.25) is 0 Å². The van der Waals surface area contributed by atoms with Gasteiger partial charge in [0.15, 0.2) is 5.58 Å². The van der Waals surface area contributed by atoms with Gasteiger partial charge in [-0.3, -0.25) is 4.79 Å².